The molecular formula is C24H22FN3O6S. The first-order valence-electron chi connectivity index (χ1n) is 10.3. The number of carbonyl (C=O) groups excluding carboxylic acids is 1. The zero-order valence-corrected chi connectivity index (χ0v) is 20.1. The molecule has 0 bridgehead atoms. The van der Waals surface area contributed by atoms with Crippen LogP contribution in [-0.2, 0) is 10.0 Å². The Bertz CT molecular complexity index is 1530. The molecule has 2 aromatic carbocycles. The number of ether oxygens (including phenoxy) is 2. The van der Waals surface area contributed by atoms with Crippen LogP contribution in [0, 0.1) is 12.7 Å². The molecule has 1 amide bonds. The van der Waals surface area contributed by atoms with E-state index in [9.17, 15) is 17.6 Å². The molecule has 0 saturated heterocycles. The molecule has 35 heavy (non-hydrogen) atoms. The second-order valence-electron chi connectivity index (χ2n) is 7.76. The fraction of sp³-hybridized carbons (Fsp3) is 0.167. The smallest absolute Gasteiger partial charge is 0.257 e. The van der Waals surface area contributed by atoms with Crippen LogP contribution in [0.3, 0.4) is 0 Å². The summed E-state index contributed by atoms with van der Waals surface area (Å²) >= 11 is 0. The molecule has 2 heterocycles. The largest absolute Gasteiger partial charge is 0.497 e. The number of hydrogen-bond donors (Lipinski definition) is 1. The van der Waals surface area contributed by atoms with Crippen LogP contribution in [0.25, 0.3) is 11.0 Å². The Hall–Kier alpha value is -3.96. The standard InChI is InChI=1S/C24H22FN3O6S/c1-14-9-18-20(33-14)10-15(24(29)27-23-13-16(32-4)7-8-26-23)11-21(18)34-17-5-6-22(19(25)12-17)35(30,31)28(2)3/h5-13H,1-4H3,(H,26,27,29). The summed E-state index contributed by atoms with van der Waals surface area (Å²) in [5, 5.41) is 3.24. The highest BCUT2D eigenvalue weighted by atomic mass is 32.2. The topological polar surface area (TPSA) is 111 Å². The van der Waals surface area contributed by atoms with Crippen molar-refractivity contribution >= 4 is 32.7 Å². The third kappa shape index (κ3) is 4.96. The Labute approximate surface area is 201 Å². The van der Waals surface area contributed by atoms with E-state index in [1.165, 1.54) is 39.5 Å². The second-order valence-corrected chi connectivity index (χ2v) is 9.88. The lowest BCUT2D eigenvalue weighted by Crippen LogP contribution is -2.23. The molecule has 0 atom stereocenters. The van der Waals surface area contributed by atoms with Crippen molar-refractivity contribution in [2.24, 2.45) is 0 Å². The Kier molecular flexibility index (Phi) is 6.46. The van der Waals surface area contributed by atoms with Crippen molar-refractivity contribution in [1.82, 2.24) is 9.29 Å². The van der Waals surface area contributed by atoms with Gasteiger partial charge in [0.2, 0.25) is 10.0 Å². The van der Waals surface area contributed by atoms with Crippen molar-refractivity contribution in [2.75, 3.05) is 26.5 Å². The summed E-state index contributed by atoms with van der Waals surface area (Å²) in [7, 11) is 0.170. The summed E-state index contributed by atoms with van der Waals surface area (Å²) in [5.74, 6) is 0.220. The Morgan fingerprint density at radius 3 is 2.54 bits per heavy atom. The summed E-state index contributed by atoms with van der Waals surface area (Å²) in [6.45, 7) is 1.74. The highest BCUT2D eigenvalue weighted by Gasteiger charge is 2.23. The molecule has 0 unspecified atom stereocenters. The quantitative estimate of drug-likeness (QED) is 0.396. The summed E-state index contributed by atoms with van der Waals surface area (Å²) in [5.41, 5.74) is 0.592. The first kappa shape index (κ1) is 24.2. The third-order valence-corrected chi connectivity index (χ3v) is 6.93. The number of aryl methyl sites for hydroxylation is 1. The fourth-order valence-electron chi connectivity index (χ4n) is 3.32. The number of rotatable bonds is 7. The van der Waals surface area contributed by atoms with E-state index in [0.29, 0.717) is 22.5 Å². The number of hydrogen-bond acceptors (Lipinski definition) is 7. The molecular weight excluding hydrogens is 477 g/mol. The number of sulfonamides is 1. The Balaban J connectivity index is 1.69. The number of halogens is 1. The molecule has 1 N–H and O–H groups in total. The first-order chi connectivity index (χ1) is 16.6. The van der Waals surface area contributed by atoms with Crippen LogP contribution in [0.1, 0.15) is 16.1 Å². The summed E-state index contributed by atoms with van der Waals surface area (Å²) in [6.07, 6.45) is 1.50. The van der Waals surface area contributed by atoms with E-state index < -0.39 is 26.6 Å². The van der Waals surface area contributed by atoms with Gasteiger partial charge < -0.3 is 19.2 Å². The van der Waals surface area contributed by atoms with Gasteiger partial charge in [-0.2, -0.15) is 0 Å². The molecule has 0 aliphatic carbocycles. The van der Waals surface area contributed by atoms with Gasteiger partial charge in [0.05, 0.1) is 12.5 Å². The number of amides is 1. The lowest BCUT2D eigenvalue weighted by molar-refractivity contribution is 0.102. The lowest BCUT2D eigenvalue weighted by Gasteiger charge is -2.14. The van der Waals surface area contributed by atoms with Crippen molar-refractivity contribution in [3.05, 3.63) is 71.9 Å². The molecule has 0 spiro atoms. The van der Waals surface area contributed by atoms with Gasteiger partial charge in [-0.15, -0.1) is 0 Å². The normalized spacial score (nSPS) is 11.6. The van der Waals surface area contributed by atoms with Crippen LogP contribution in [0.2, 0.25) is 0 Å². The number of benzene rings is 2. The Morgan fingerprint density at radius 2 is 1.86 bits per heavy atom. The lowest BCUT2D eigenvalue weighted by atomic mass is 10.1. The van der Waals surface area contributed by atoms with Crippen LogP contribution in [0.15, 0.2) is 64.0 Å². The molecule has 4 rings (SSSR count). The second kappa shape index (κ2) is 9.35. The molecule has 0 fully saturated rings. The minimum Gasteiger partial charge on any atom is -0.497 e. The molecule has 0 saturated carbocycles. The first-order valence-corrected chi connectivity index (χ1v) is 11.8. The summed E-state index contributed by atoms with van der Waals surface area (Å²) in [4.78, 5) is 16.5. The van der Waals surface area contributed by atoms with Crippen LogP contribution < -0.4 is 14.8 Å². The number of fused-ring (bicyclic) bond motifs is 1. The van der Waals surface area contributed by atoms with Gasteiger partial charge in [0.1, 0.15) is 45.1 Å². The van der Waals surface area contributed by atoms with Gasteiger partial charge in [0.15, 0.2) is 0 Å². The van der Waals surface area contributed by atoms with Gasteiger partial charge in [-0.05, 0) is 43.3 Å². The molecule has 2 aromatic heterocycles. The van der Waals surface area contributed by atoms with E-state index in [4.69, 9.17) is 13.9 Å². The highest BCUT2D eigenvalue weighted by Crippen LogP contribution is 2.35. The van der Waals surface area contributed by atoms with Crippen molar-refractivity contribution in [3.8, 4) is 17.2 Å². The number of carbonyl (C=O) groups is 1. The van der Waals surface area contributed by atoms with E-state index in [1.54, 1.807) is 31.2 Å². The zero-order chi connectivity index (χ0) is 25.3. The van der Waals surface area contributed by atoms with Crippen LogP contribution in [-0.4, -0.2) is 44.8 Å². The number of nitrogens with one attached hydrogen (secondary N) is 1. The van der Waals surface area contributed by atoms with Crippen LogP contribution in [0.4, 0.5) is 10.2 Å². The van der Waals surface area contributed by atoms with Crippen molar-refractivity contribution in [3.63, 3.8) is 0 Å². The molecule has 182 valence electrons. The maximum Gasteiger partial charge on any atom is 0.257 e. The average Bonchev–Trinajstić information content (AvgIpc) is 3.19. The maximum absolute atomic E-state index is 14.7. The van der Waals surface area contributed by atoms with Crippen molar-refractivity contribution in [1.29, 1.82) is 0 Å². The van der Waals surface area contributed by atoms with E-state index in [-0.39, 0.29) is 22.9 Å². The van der Waals surface area contributed by atoms with E-state index >= 15 is 0 Å². The number of methoxy groups -OCH3 is 1. The monoisotopic (exact) mass is 499 g/mol. The number of aromatic nitrogens is 1. The minimum absolute atomic E-state index is 0.0485. The predicted molar refractivity (Wildman–Crippen MR) is 127 cm³/mol. The molecule has 0 aliphatic heterocycles. The van der Waals surface area contributed by atoms with E-state index in [0.717, 1.165) is 16.4 Å². The minimum atomic E-state index is -3.96. The van der Waals surface area contributed by atoms with Crippen molar-refractivity contribution in [2.45, 2.75) is 11.8 Å². The van der Waals surface area contributed by atoms with Gasteiger partial charge in [0, 0.05) is 38.0 Å². The van der Waals surface area contributed by atoms with Gasteiger partial charge >= 0.3 is 0 Å². The molecule has 0 radical (unpaired) electrons. The number of nitrogens with zero attached hydrogens (tertiary/aromatic N) is 2. The van der Waals surface area contributed by atoms with Crippen LogP contribution >= 0.6 is 0 Å². The Morgan fingerprint density at radius 1 is 1.09 bits per heavy atom. The molecule has 9 nitrogen and oxygen atoms in total. The molecule has 4 aromatic rings. The van der Waals surface area contributed by atoms with Crippen molar-refractivity contribution < 1.29 is 31.5 Å². The highest BCUT2D eigenvalue weighted by molar-refractivity contribution is 7.89. The van der Waals surface area contributed by atoms with E-state index in [2.05, 4.69) is 10.3 Å². The fourth-order valence-corrected chi connectivity index (χ4v) is 4.26. The predicted octanol–water partition coefficient (Wildman–Crippen LogP) is 4.58. The summed E-state index contributed by atoms with van der Waals surface area (Å²) in [6, 6.07) is 11.4. The zero-order valence-electron chi connectivity index (χ0n) is 19.3. The van der Waals surface area contributed by atoms with E-state index in [1.807, 2.05) is 0 Å². The average molecular weight is 500 g/mol. The number of furan rings is 1. The summed E-state index contributed by atoms with van der Waals surface area (Å²) < 4.78 is 56.8. The molecule has 11 heteroatoms. The molecule has 0 aliphatic rings. The van der Waals surface area contributed by atoms with Gasteiger partial charge in [0.25, 0.3) is 5.91 Å². The number of pyridine rings is 1. The van der Waals surface area contributed by atoms with Crippen LogP contribution in [0.5, 0.6) is 17.2 Å². The van der Waals surface area contributed by atoms with Gasteiger partial charge in [-0.1, -0.05) is 0 Å². The maximum atomic E-state index is 14.7. The van der Waals surface area contributed by atoms with Gasteiger partial charge in [-0.25, -0.2) is 22.1 Å². The third-order valence-electron chi connectivity index (χ3n) is 5.08. The van der Waals surface area contributed by atoms with Gasteiger partial charge in [-0.3, -0.25) is 4.79 Å². The SMILES string of the molecule is COc1ccnc(NC(=O)c2cc(Oc3ccc(S(=O)(=O)N(C)C)c(F)c3)c3cc(C)oc3c2)c1. The number of anilines is 1.